The Hall–Kier alpha value is -1.05. The zero-order valence-corrected chi connectivity index (χ0v) is 7.77. The molecule has 0 spiro atoms. The first-order chi connectivity index (χ1) is 5.65. The predicted molar refractivity (Wildman–Crippen MR) is 45.1 cm³/mol. The van der Waals surface area contributed by atoms with E-state index in [1.807, 2.05) is 0 Å². The molecule has 0 amide bonds. The number of hydrogen-bond acceptors (Lipinski definition) is 4. The molecule has 1 N–H and O–H groups in total. The Morgan fingerprint density at radius 3 is 2.42 bits per heavy atom. The second kappa shape index (κ2) is 3.57. The summed E-state index contributed by atoms with van der Waals surface area (Å²) in [5.41, 5.74) is 0. The number of carbonyl (C=O) groups is 2. The normalized spacial score (nSPS) is 9.42. The van der Waals surface area contributed by atoms with Gasteiger partial charge in [-0.15, -0.1) is 0 Å². The third-order valence-corrected chi connectivity index (χ3v) is 1.49. The van der Waals surface area contributed by atoms with Crippen molar-refractivity contribution in [1.29, 1.82) is 0 Å². The van der Waals surface area contributed by atoms with Crippen molar-refractivity contribution in [3.8, 4) is 0 Å². The molecule has 0 atom stereocenters. The summed E-state index contributed by atoms with van der Waals surface area (Å²) >= 11 is 1.39. The molecule has 1 rings (SSSR count). The second-order valence-electron chi connectivity index (χ2n) is 1.83. The van der Waals surface area contributed by atoms with Crippen LogP contribution in [0, 0.1) is 0 Å². The number of rotatable bonds is 2. The highest BCUT2D eigenvalue weighted by atomic mass is 127. The van der Waals surface area contributed by atoms with E-state index in [0.29, 0.717) is 0 Å². The molecule has 0 aliphatic rings. The minimum atomic E-state index is -1.22. The average Bonchev–Trinajstić information content (AvgIpc) is 2.51. The van der Waals surface area contributed by atoms with Gasteiger partial charge in [0.15, 0.2) is 23.0 Å². The van der Waals surface area contributed by atoms with E-state index in [-0.39, 0.29) is 11.5 Å². The fraction of sp³-hybridized carbons (Fsp3) is 0. The fourth-order valence-corrected chi connectivity index (χ4v) is 0.818. The Morgan fingerprint density at radius 1 is 1.42 bits per heavy atom. The number of carbonyl (C=O) groups excluding carboxylic acids is 1. The summed E-state index contributed by atoms with van der Waals surface area (Å²) < 4.78 is 8.89. The lowest BCUT2D eigenvalue weighted by molar-refractivity contribution is 0.0654. The Labute approximate surface area is 81.0 Å². The van der Waals surface area contributed by atoms with E-state index in [1.54, 1.807) is 0 Å². The van der Waals surface area contributed by atoms with E-state index in [0.717, 1.165) is 0 Å². The molecule has 6 heteroatoms. The van der Waals surface area contributed by atoms with Gasteiger partial charge in [0.05, 0.1) is 0 Å². The minimum Gasteiger partial charge on any atom is -0.475 e. The fourth-order valence-electron chi connectivity index (χ4n) is 0.601. The van der Waals surface area contributed by atoms with Crippen LogP contribution in [0.3, 0.4) is 0 Å². The standard InChI is InChI=1S/C6H3IO5/c7-12-6(10)4-2-1-3(11-4)5(8)9/h1-2H,(H,8,9). The van der Waals surface area contributed by atoms with Gasteiger partial charge in [-0.2, -0.15) is 0 Å². The van der Waals surface area contributed by atoms with Crippen LogP contribution in [0.1, 0.15) is 21.1 Å². The molecule has 0 aromatic carbocycles. The molecule has 0 bridgehead atoms. The van der Waals surface area contributed by atoms with Gasteiger partial charge in [-0.1, -0.05) is 0 Å². The summed E-state index contributed by atoms with van der Waals surface area (Å²) in [5.74, 6) is -2.33. The molecule has 5 nitrogen and oxygen atoms in total. The van der Waals surface area contributed by atoms with E-state index in [2.05, 4.69) is 7.48 Å². The molecule has 1 aromatic heterocycles. The second-order valence-corrected chi connectivity index (χ2v) is 2.27. The number of aromatic carboxylic acids is 1. The summed E-state index contributed by atoms with van der Waals surface area (Å²) in [6.45, 7) is 0. The maximum Gasteiger partial charge on any atom is 0.383 e. The molecule has 0 radical (unpaired) electrons. The molecule has 0 aliphatic heterocycles. The number of furan rings is 1. The summed E-state index contributed by atoms with van der Waals surface area (Å²) in [7, 11) is 0. The Balaban J connectivity index is 2.91. The minimum absolute atomic E-state index is 0.123. The van der Waals surface area contributed by atoms with Crippen molar-refractivity contribution >= 4 is 34.9 Å². The molecule has 0 aliphatic carbocycles. The maximum atomic E-state index is 10.7. The lowest BCUT2D eigenvalue weighted by Crippen LogP contribution is -1.96. The first kappa shape index (κ1) is 9.04. The van der Waals surface area contributed by atoms with Crippen molar-refractivity contribution in [3.05, 3.63) is 23.7 Å². The van der Waals surface area contributed by atoms with Crippen molar-refractivity contribution < 1.29 is 22.2 Å². The SMILES string of the molecule is O=C(O)c1ccc(C(=O)OI)o1. The van der Waals surface area contributed by atoms with Gasteiger partial charge in [-0.25, -0.2) is 9.59 Å². The highest BCUT2D eigenvalue weighted by Crippen LogP contribution is 2.10. The number of halogens is 1. The van der Waals surface area contributed by atoms with Crippen LogP contribution in [0.2, 0.25) is 0 Å². The van der Waals surface area contributed by atoms with Crippen LogP contribution in [0.15, 0.2) is 16.5 Å². The molecule has 0 saturated carbocycles. The molecule has 12 heavy (non-hydrogen) atoms. The Kier molecular flexibility index (Phi) is 2.69. The highest BCUT2D eigenvalue weighted by Gasteiger charge is 2.14. The number of carboxylic acids is 1. The zero-order chi connectivity index (χ0) is 9.14. The van der Waals surface area contributed by atoms with Gasteiger partial charge < -0.3 is 12.6 Å². The topological polar surface area (TPSA) is 76.7 Å². The Morgan fingerprint density at radius 2 is 2.00 bits per heavy atom. The first-order valence-corrected chi connectivity index (χ1v) is 3.69. The highest BCUT2D eigenvalue weighted by molar-refractivity contribution is 14.1. The smallest absolute Gasteiger partial charge is 0.383 e. The van der Waals surface area contributed by atoms with Crippen molar-refractivity contribution in [2.45, 2.75) is 0 Å². The summed E-state index contributed by atoms with van der Waals surface area (Å²) in [6, 6.07) is 2.43. The molecule has 64 valence electrons. The zero-order valence-electron chi connectivity index (χ0n) is 5.61. The number of hydrogen-bond donors (Lipinski definition) is 1. The summed E-state index contributed by atoms with van der Waals surface area (Å²) in [4.78, 5) is 21.0. The molecule has 1 aromatic rings. The lowest BCUT2D eigenvalue weighted by Gasteiger charge is -1.89. The molecule has 0 saturated heterocycles. The van der Waals surface area contributed by atoms with E-state index in [1.165, 1.54) is 35.1 Å². The molecule has 1 heterocycles. The van der Waals surface area contributed by atoms with Gasteiger partial charge in [-0.3, -0.25) is 0 Å². The molecule has 0 unspecified atom stereocenters. The first-order valence-electron chi connectivity index (χ1n) is 2.81. The third-order valence-electron chi connectivity index (χ3n) is 1.09. The van der Waals surface area contributed by atoms with Crippen molar-refractivity contribution in [1.82, 2.24) is 0 Å². The lowest BCUT2D eigenvalue weighted by atomic mass is 10.4. The van der Waals surface area contributed by atoms with E-state index >= 15 is 0 Å². The van der Waals surface area contributed by atoms with Crippen molar-refractivity contribution in [2.24, 2.45) is 0 Å². The monoisotopic (exact) mass is 282 g/mol. The summed E-state index contributed by atoms with van der Waals surface area (Å²) in [6.07, 6.45) is 0. The van der Waals surface area contributed by atoms with E-state index in [9.17, 15) is 9.59 Å². The van der Waals surface area contributed by atoms with Gasteiger partial charge in [0, 0.05) is 0 Å². The van der Waals surface area contributed by atoms with Crippen LogP contribution in [0.5, 0.6) is 0 Å². The molecular formula is C6H3IO5. The van der Waals surface area contributed by atoms with Crippen LogP contribution < -0.4 is 0 Å². The van der Waals surface area contributed by atoms with Gasteiger partial charge >= 0.3 is 11.9 Å². The van der Waals surface area contributed by atoms with Gasteiger partial charge in [0.1, 0.15) is 0 Å². The van der Waals surface area contributed by atoms with Crippen LogP contribution in [-0.4, -0.2) is 17.0 Å². The summed E-state index contributed by atoms with van der Waals surface area (Å²) in [5, 5.41) is 8.40. The molecular weight excluding hydrogens is 279 g/mol. The van der Waals surface area contributed by atoms with Crippen LogP contribution in [-0.2, 0) is 3.07 Å². The average molecular weight is 282 g/mol. The van der Waals surface area contributed by atoms with Crippen LogP contribution in [0.4, 0.5) is 0 Å². The van der Waals surface area contributed by atoms with Gasteiger partial charge in [0.2, 0.25) is 11.5 Å². The van der Waals surface area contributed by atoms with Crippen molar-refractivity contribution in [3.63, 3.8) is 0 Å². The van der Waals surface area contributed by atoms with E-state index in [4.69, 9.17) is 5.11 Å². The number of carboxylic acid groups (broad SMARTS) is 1. The quantitative estimate of drug-likeness (QED) is 0.831. The third kappa shape index (κ3) is 1.76. The van der Waals surface area contributed by atoms with Gasteiger partial charge in [-0.05, 0) is 12.1 Å². The van der Waals surface area contributed by atoms with Crippen molar-refractivity contribution in [2.75, 3.05) is 0 Å². The van der Waals surface area contributed by atoms with Gasteiger partial charge in [0.25, 0.3) is 0 Å². The van der Waals surface area contributed by atoms with Crippen LogP contribution in [0.25, 0.3) is 0 Å². The largest absolute Gasteiger partial charge is 0.475 e. The predicted octanol–water partition coefficient (Wildman–Crippen LogP) is 1.48. The maximum absolute atomic E-state index is 10.7. The molecule has 0 fully saturated rings. The van der Waals surface area contributed by atoms with E-state index < -0.39 is 11.9 Å². The van der Waals surface area contributed by atoms with Crippen LogP contribution >= 0.6 is 23.0 Å². The Bertz CT molecular complexity index is 315.